The quantitative estimate of drug-likeness (QED) is 0.436. The minimum atomic E-state index is -0.0421. The second-order valence-corrected chi connectivity index (χ2v) is 8.99. The number of anilines is 2. The molecule has 2 atom stereocenters. The molecular formula is C28H20N2O2. The van der Waals surface area contributed by atoms with Crippen LogP contribution in [0.5, 0.6) is 0 Å². The fraction of sp³-hybridized carbons (Fsp3) is 0.143. The zero-order valence-corrected chi connectivity index (χ0v) is 17.3. The first kappa shape index (κ1) is 17.7. The average Bonchev–Trinajstić information content (AvgIpc) is 2.81. The molecule has 154 valence electrons. The van der Waals surface area contributed by atoms with Gasteiger partial charge in [-0.15, -0.1) is 0 Å². The van der Waals surface area contributed by atoms with E-state index in [4.69, 9.17) is 0 Å². The van der Waals surface area contributed by atoms with Gasteiger partial charge in [-0.1, -0.05) is 54.6 Å². The Morgan fingerprint density at radius 3 is 2.03 bits per heavy atom. The zero-order chi connectivity index (χ0) is 21.4. The van der Waals surface area contributed by atoms with Crippen LogP contribution in [0, 0.1) is 0 Å². The van der Waals surface area contributed by atoms with Crippen LogP contribution in [0.2, 0.25) is 0 Å². The monoisotopic (exact) mass is 416 g/mol. The van der Waals surface area contributed by atoms with E-state index in [-0.39, 0.29) is 23.7 Å². The van der Waals surface area contributed by atoms with Crippen LogP contribution in [0.3, 0.4) is 0 Å². The minimum absolute atomic E-state index is 0.0421. The molecule has 32 heavy (non-hydrogen) atoms. The van der Waals surface area contributed by atoms with Gasteiger partial charge in [0.05, 0.1) is 23.5 Å². The van der Waals surface area contributed by atoms with Crippen molar-refractivity contribution in [2.24, 2.45) is 0 Å². The third-order valence-electron chi connectivity index (χ3n) is 7.12. The Bertz CT molecular complexity index is 1430. The van der Waals surface area contributed by atoms with Crippen molar-refractivity contribution >= 4 is 22.9 Å². The number of carbonyl (C=O) groups excluding carboxylic acids is 2. The van der Waals surface area contributed by atoms with Crippen LogP contribution in [-0.4, -0.2) is 23.7 Å². The number of rotatable bonds is 0. The van der Waals surface area contributed by atoms with Gasteiger partial charge in [0, 0.05) is 22.3 Å². The molecule has 3 aliphatic carbocycles. The highest BCUT2D eigenvalue weighted by Crippen LogP contribution is 2.40. The molecule has 0 saturated carbocycles. The topological polar surface area (TPSA) is 58.2 Å². The lowest BCUT2D eigenvalue weighted by atomic mass is 9.77. The summed E-state index contributed by atoms with van der Waals surface area (Å²) < 4.78 is 0. The minimum Gasteiger partial charge on any atom is -0.375 e. The summed E-state index contributed by atoms with van der Waals surface area (Å²) in [5.74, 6) is 0.179. The van der Waals surface area contributed by atoms with Gasteiger partial charge < -0.3 is 10.6 Å². The number of allylic oxidation sites excluding steroid dienone is 2. The highest BCUT2D eigenvalue weighted by molar-refractivity contribution is 6.15. The molecule has 4 aliphatic rings. The second kappa shape index (κ2) is 6.30. The molecule has 0 radical (unpaired) electrons. The average molecular weight is 416 g/mol. The Morgan fingerprint density at radius 1 is 0.625 bits per heavy atom. The smallest absolute Gasteiger partial charge is 0.193 e. The van der Waals surface area contributed by atoms with Gasteiger partial charge in [0.25, 0.3) is 0 Å². The van der Waals surface area contributed by atoms with Gasteiger partial charge in [0.1, 0.15) is 0 Å². The highest BCUT2D eigenvalue weighted by Gasteiger charge is 2.35. The van der Waals surface area contributed by atoms with E-state index in [0.29, 0.717) is 0 Å². The number of ketones is 2. The lowest BCUT2D eigenvalue weighted by Gasteiger charge is -2.38. The lowest BCUT2D eigenvalue weighted by molar-refractivity contribution is 0.102. The fourth-order valence-electron chi connectivity index (χ4n) is 5.53. The SMILES string of the molecule is O=C1C2=CC3Nc4cc5c(cc4NC3C=C2Cc2ccccc21)Cc1ccccc1C5=O. The number of Topliss-reactive ketones (excluding diaryl/α,β-unsaturated/α-hetero) is 1. The van der Waals surface area contributed by atoms with Gasteiger partial charge >= 0.3 is 0 Å². The Labute approximate surface area is 185 Å². The predicted molar refractivity (Wildman–Crippen MR) is 125 cm³/mol. The maximum absolute atomic E-state index is 13.1. The van der Waals surface area contributed by atoms with Gasteiger partial charge in [0.15, 0.2) is 11.6 Å². The molecule has 3 aromatic rings. The molecule has 0 spiro atoms. The van der Waals surface area contributed by atoms with E-state index in [1.54, 1.807) is 0 Å². The number of carbonyl (C=O) groups is 2. The van der Waals surface area contributed by atoms with E-state index < -0.39 is 0 Å². The maximum Gasteiger partial charge on any atom is 0.193 e. The van der Waals surface area contributed by atoms with Crippen molar-refractivity contribution < 1.29 is 9.59 Å². The molecule has 0 bridgehead atoms. The van der Waals surface area contributed by atoms with Crippen LogP contribution in [0.1, 0.15) is 43.0 Å². The summed E-state index contributed by atoms with van der Waals surface area (Å²) in [4.78, 5) is 26.2. The number of nitrogens with one attached hydrogen (secondary N) is 2. The third kappa shape index (κ3) is 2.43. The Balaban J connectivity index is 1.28. The van der Waals surface area contributed by atoms with Gasteiger partial charge in [-0.2, -0.15) is 0 Å². The first-order valence-electron chi connectivity index (χ1n) is 11.0. The molecule has 4 heteroatoms. The molecule has 4 nitrogen and oxygen atoms in total. The summed E-state index contributed by atoms with van der Waals surface area (Å²) in [7, 11) is 0. The number of hydrogen-bond donors (Lipinski definition) is 2. The molecule has 1 aliphatic heterocycles. The van der Waals surface area contributed by atoms with Crippen LogP contribution < -0.4 is 10.6 Å². The number of benzene rings is 3. The molecule has 1 heterocycles. The third-order valence-corrected chi connectivity index (χ3v) is 7.12. The number of fused-ring (bicyclic) bond motifs is 6. The van der Waals surface area contributed by atoms with Crippen molar-refractivity contribution in [1.29, 1.82) is 0 Å². The Kier molecular flexibility index (Phi) is 3.49. The van der Waals surface area contributed by atoms with Crippen molar-refractivity contribution in [3.63, 3.8) is 0 Å². The van der Waals surface area contributed by atoms with Crippen LogP contribution in [-0.2, 0) is 12.8 Å². The maximum atomic E-state index is 13.1. The van der Waals surface area contributed by atoms with Crippen LogP contribution in [0.25, 0.3) is 0 Å². The highest BCUT2D eigenvalue weighted by atomic mass is 16.1. The van der Waals surface area contributed by atoms with E-state index in [9.17, 15) is 9.59 Å². The summed E-state index contributed by atoms with van der Waals surface area (Å²) in [5, 5.41) is 7.24. The standard InChI is InChI=1S/C28H20N2O2/c31-27-19-7-3-1-5-15(19)9-17-11-23-25(13-21(17)27)30-26-14-22-18(12-24(26)29-23)10-16-6-2-4-8-20(16)28(22)32/h1-8,11-14,23,25,29-30H,9-10H2. The van der Waals surface area contributed by atoms with Gasteiger partial charge in [0.2, 0.25) is 0 Å². The fourth-order valence-corrected chi connectivity index (χ4v) is 5.53. The first-order valence-corrected chi connectivity index (χ1v) is 11.0. The summed E-state index contributed by atoms with van der Waals surface area (Å²) in [6.07, 6.45) is 5.80. The second-order valence-electron chi connectivity index (χ2n) is 8.99. The Morgan fingerprint density at radius 2 is 1.25 bits per heavy atom. The van der Waals surface area contributed by atoms with E-state index >= 15 is 0 Å². The van der Waals surface area contributed by atoms with Crippen molar-refractivity contribution in [3.8, 4) is 0 Å². The first-order chi connectivity index (χ1) is 15.7. The van der Waals surface area contributed by atoms with Gasteiger partial charge in [-0.05, 0) is 53.3 Å². The molecule has 0 fully saturated rings. The van der Waals surface area contributed by atoms with Crippen LogP contribution in [0.4, 0.5) is 11.4 Å². The van der Waals surface area contributed by atoms with E-state index in [1.165, 1.54) is 0 Å². The molecule has 0 aromatic heterocycles. The van der Waals surface area contributed by atoms with Crippen LogP contribution >= 0.6 is 0 Å². The lowest BCUT2D eigenvalue weighted by Crippen LogP contribution is -2.44. The summed E-state index contributed by atoms with van der Waals surface area (Å²) in [6, 6.07) is 19.8. The zero-order valence-electron chi connectivity index (χ0n) is 17.3. The van der Waals surface area contributed by atoms with Crippen molar-refractivity contribution in [3.05, 3.63) is 117 Å². The van der Waals surface area contributed by atoms with E-state index in [2.05, 4.69) is 28.9 Å². The molecule has 2 unspecified atom stereocenters. The molecule has 2 N–H and O–H groups in total. The molecule has 0 amide bonds. The van der Waals surface area contributed by atoms with E-state index in [1.807, 2.05) is 54.6 Å². The van der Waals surface area contributed by atoms with Crippen LogP contribution in [0.15, 0.2) is 84.0 Å². The summed E-state index contributed by atoms with van der Waals surface area (Å²) in [6.45, 7) is 0. The predicted octanol–water partition coefficient (Wildman–Crippen LogP) is 4.70. The summed E-state index contributed by atoms with van der Waals surface area (Å²) in [5.41, 5.74) is 9.40. The van der Waals surface area contributed by atoms with Crippen molar-refractivity contribution in [2.75, 3.05) is 10.6 Å². The van der Waals surface area contributed by atoms with Gasteiger partial charge in [-0.25, -0.2) is 0 Å². The molecule has 7 rings (SSSR count). The molecular weight excluding hydrogens is 396 g/mol. The van der Waals surface area contributed by atoms with Crippen molar-refractivity contribution in [1.82, 2.24) is 0 Å². The number of hydrogen-bond acceptors (Lipinski definition) is 4. The summed E-state index contributed by atoms with van der Waals surface area (Å²) >= 11 is 0. The Hall–Kier alpha value is -3.92. The molecule has 0 saturated heterocycles. The van der Waals surface area contributed by atoms with E-state index in [0.717, 1.165) is 68.7 Å². The van der Waals surface area contributed by atoms with Gasteiger partial charge in [-0.3, -0.25) is 9.59 Å². The largest absolute Gasteiger partial charge is 0.375 e. The normalized spacial score (nSPS) is 21.9. The molecule has 3 aromatic carbocycles. The van der Waals surface area contributed by atoms with Crippen molar-refractivity contribution in [2.45, 2.75) is 24.9 Å².